The van der Waals surface area contributed by atoms with Crippen molar-refractivity contribution < 1.29 is 9.53 Å². The number of carbonyl (C=O) groups is 1. The summed E-state index contributed by atoms with van der Waals surface area (Å²) in [5, 5.41) is 10.4. The summed E-state index contributed by atoms with van der Waals surface area (Å²) in [5.41, 5.74) is 3.69. The maximum Gasteiger partial charge on any atom is 0.414 e. The minimum atomic E-state index is -0.490. The second kappa shape index (κ2) is 6.78. The summed E-state index contributed by atoms with van der Waals surface area (Å²) in [4.78, 5) is 14.2. The first-order valence-corrected chi connectivity index (χ1v) is 8.73. The van der Waals surface area contributed by atoms with Gasteiger partial charge in [0, 0.05) is 18.4 Å². The molecule has 0 aliphatic carbocycles. The molecular weight excluding hydrogens is 316 g/mol. The summed E-state index contributed by atoms with van der Waals surface area (Å²) in [6.07, 6.45) is 3.37. The Kier molecular flexibility index (Phi) is 4.70. The predicted octanol–water partition coefficient (Wildman–Crippen LogP) is 4.27. The van der Waals surface area contributed by atoms with E-state index in [0.717, 1.165) is 29.9 Å². The summed E-state index contributed by atoms with van der Waals surface area (Å²) >= 11 is 0. The number of benzene rings is 1. The Balaban J connectivity index is 1.77. The van der Waals surface area contributed by atoms with E-state index in [1.54, 1.807) is 11.1 Å². The molecule has 0 bridgehead atoms. The molecule has 1 aliphatic heterocycles. The number of nitrogens with zero attached hydrogens (tertiary/aromatic N) is 2. The molecule has 1 unspecified atom stereocenters. The number of aromatic nitrogens is 2. The van der Waals surface area contributed by atoms with E-state index in [4.69, 9.17) is 4.74 Å². The third kappa shape index (κ3) is 4.13. The Morgan fingerprint density at radius 3 is 2.84 bits per heavy atom. The van der Waals surface area contributed by atoms with Gasteiger partial charge in [0.2, 0.25) is 0 Å². The Morgan fingerprint density at radius 2 is 2.16 bits per heavy atom. The van der Waals surface area contributed by atoms with Gasteiger partial charge in [-0.3, -0.25) is 10.00 Å². The standard InChI is InChI=1S/C19H26N4O2/c1-13(16-9-10-20-22-16)21-15-7-8-17-14(12-15)6-5-11-23(17)18(24)25-19(2,3)4/h7-10,12-13,21H,5-6,11H2,1-4H3,(H,20,22). The van der Waals surface area contributed by atoms with E-state index in [2.05, 4.69) is 28.5 Å². The molecule has 0 fully saturated rings. The second-order valence-electron chi connectivity index (χ2n) is 7.46. The highest BCUT2D eigenvalue weighted by molar-refractivity contribution is 5.90. The van der Waals surface area contributed by atoms with E-state index in [0.29, 0.717) is 6.54 Å². The Hall–Kier alpha value is -2.50. The van der Waals surface area contributed by atoms with Gasteiger partial charge in [-0.1, -0.05) is 0 Å². The van der Waals surface area contributed by atoms with Crippen LogP contribution in [0, 0.1) is 0 Å². The Labute approximate surface area is 148 Å². The monoisotopic (exact) mass is 342 g/mol. The number of fused-ring (bicyclic) bond motifs is 1. The topological polar surface area (TPSA) is 70.2 Å². The van der Waals surface area contributed by atoms with E-state index >= 15 is 0 Å². The summed E-state index contributed by atoms with van der Waals surface area (Å²) in [6, 6.07) is 8.22. The molecule has 6 heteroatoms. The molecule has 2 N–H and O–H groups in total. The zero-order valence-corrected chi connectivity index (χ0v) is 15.3. The molecule has 1 atom stereocenters. The van der Waals surface area contributed by atoms with E-state index in [1.807, 2.05) is 39.0 Å². The highest BCUT2D eigenvalue weighted by atomic mass is 16.6. The number of amides is 1. The van der Waals surface area contributed by atoms with Crippen LogP contribution in [0.4, 0.5) is 16.2 Å². The van der Waals surface area contributed by atoms with E-state index in [1.165, 1.54) is 5.56 Å². The number of carbonyl (C=O) groups excluding carboxylic acids is 1. The maximum atomic E-state index is 12.5. The van der Waals surface area contributed by atoms with Gasteiger partial charge in [0.1, 0.15) is 5.60 Å². The number of hydrogen-bond acceptors (Lipinski definition) is 4. The highest BCUT2D eigenvalue weighted by Crippen LogP contribution is 2.31. The summed E-state index contributed by atoms with van der Waals surface area (Å²) < 4.78 is 5.54. The van der Waals surface area contributed by atoms with Crippen LogP contribution >= 0.6 is 0 Å². The van der Waals surface area contributed by atoms with Gasteiger partial charge >= 0.3 is 6.09 Å². The van der Waals surface area contributed by atoms with Crippen LogP contribution in [0.1, 0.15) is 51.4 Å². The van der Waals surface area contributed by atoms with Crippen molar-refractivity contribution in [1.29, 1.82) is 0 Å². The number of aryl methyl sites for hydroxylation is 1. The minimum absolute atomic E-state index is 0.131. The van der Waals surface area contributed by atoms with Crippen LogP contribution in [-0.2, 0) is 11.2 Å². The zero-order chi connectivity index (χ0) is 18.0. The van der Waals surface area contributed by atoms with Crippen LogP contribution < -0.4 is 10.2 Å². The molecule has 134 valence electrons. The van der Waals surface area contributed by atoms with Crippen molar-refractivity contribution in [2.45, 2.75) is 52.2 Å². The molecule has 1 aromatic heterocycles. The second-order valence-corrected chi connectivity index (χ2v) is 7.46. The van der Waals surface area contributed by atoms with Gasteiger partial charge in [0.05, 0.1) is 17.4 Å². The number of ether oxygens (including phenoxy) is 1. The SMILES string of the molecule is CC(Nc1ccc2c(c1)CCCN2C(=O)OC(C)(C)C)c1ccn[nH]1. The lowest BCUT2D eigenvalue weighted by Crippen LogP contribution is -2.39. The first kappa shape index (κ1) is 17.3. The van der Waals surface area contributed by atoms with Crippen molar-refractivity contribution in [3.05, 3.63) is 41.7 Å². The third-order valence-corrected chi connectivity index (χ3v) is 4.18. The van der Waals surface area contributed by atoms with Crippen molar-refractivity contribution in [3.63, 3.8) is 0 Å². The summed E-state index contributed by atoms with van der Waals surface area (Å²) in [5.74, 6) is 0. The fourth-order valence-electron chi connectivity index (χ4n) is 3.03. The van der Waals surface area contributed by atoms with Crippen molar-refractivity contribution in [2.24, 2.45) is 0 Å². The quantitative estimate of drug-likeness (QED) is 0.874. The largest absolute Gasteiger partial charge is 0.443 e. The van der Waals surface area contributed by atoms with E-state index in [9.17, 15) is 4.79 Å². The van der Waals surface area contributed by atoms with Gasteiger partial charge in [-0.05, 0) is 70.4 Å². The van der Waals surface area contributed by atoms with Crippen LogP contribution in [0.2, 0.25) is 0 Å². The first-order chi connectivity index (χ1) is 11.8. The zero-order valence-electron chi connectivity index (χ0n) is 15.3. The van der Waals surface area contributed by atoms with Crippen molar-refractivity contribution in [1.82, 2.24) is 10.2 Å². The first-order valence-electron chi connectivity index (χ1n) is 8.73. The third-order valence-electron chi connectivity index (χ3n) is 4.18. The van der Waals surface area contributed by atoms with Gasteiger partial charge in [0.15, 0.2) is 0 Å². The van der Waals surface area contributed by atoms with Gasteiger partial charge < -0.3 is 10.1 Å². The lowest BCUT2D eigenvalue weighted by atomic mass is 10.0. The fourth-order valence-corrected chi connectivity index (χ4v) is 3.03. The lowest BCUT2D eigenvalue weighted by Gasteiger charge is -2.32. The van der Waals surface area contributed by atoms with E-state index in [-0.39, 0.29) is 12.1 Å². The average molecular weight is 342 g/mol. The molecule has 25 heavy (non-hydrogen) atoms. The van der Waals surface area contributed by atoms with Crippen molar-refractivity contribution in [2.75, 3.05) is 16.8 Å². The minimum Gasteiger partial charge on any atom is -0.443 e. The van der Waals surface area contributed by atoms with Gasteiger partial charge in [0.25, 0.3) is 0 Å². The smallest absolute Gasteiger partial charge is 0.414 e. The molecule has 1 aromatic carbocycles. The molecule has 0 radical (unpaired) electrons. The number of rotatable bonds is 3. The van der Waals surface area contributed by atoms with Gasteiger partial charge in [-0.15, -0.1) is 0 Å². The maximum absolute atomic E-state index is 12.5. The normalized spacial score (nSPS) is 15.4. The molecule has 3 rings (SSSR count). The molecule has 1 aliphatic rings. The number of anilines is 2. The molecular formula is C19H26N4O2. The van der Waals surface area contributed by atoms with Crippen LogP contribution in [0.15, 0.2) is 30.5 Å². The van der Waals surface area contributed by atoms with Crippen LogP contribution in [0.5, 0.6) is 0 Å². The fraction of sp³-hybridized carbons (Fsp3) is 0.474. The Morgan fingerprint density at radius 1 is 1.36 bits per heavy atom. The Bertz CT molecular complexity index is 734. The van der Waals surface area contributed by atoms with Crippen LogP contribution in [0.25, 0.3) is 0 Å². The number of hydrogen-bond donors (Lipinski definition) is 2. The van der Waals surface area contributed by atoms with E-state index < -0.39 is 5.60 Å². The summed E-state index contributed by atoms with van der Waals surface area (Å²) in [7, 11) is 0. The van der Waals surface area contributed by atoms with Gasteiger partial charge in [-0.25, -0.2) is 4.79 Å². The van der Waals surface area contributed by atoms with Gasteiger partial charge in [-0.2, -0.15) is 5.10 Å². The molecule has 2 aromatic rings. The molecule has 6 nitrogen and oxygen atoms in total. The van der Waals surface area contributed by atoms with Crippen LogP contribution in [0.3, 0.4) is 0 Å². The molecule has 0 spiro atoms. The molecule has 1 amide bonds. The molecule has 2 heterocycles. The van der Waals surface area contributed by atoms with Crippen molar-refractivity contribution >= 4 is 17.5 Å². The lowest BCUT2D eigenvalue weighted by molar-refractivity contribution is 0.0578. The molecule has 0 saturated carbocycles. The summed E-state index contributed by atoms with van der Waals surface area (Å²) in [6.45, 7) is 8.44. The van der Waals surface area contributed by atoms with Crippen molar-refractivity contribution in [3.8, 4) is 0 Å². The van der Waals surface area contributed by atoms with Crippen LogP contribution in [-0.4, -0.2) is 28.4 Å². The number of nitrogens with one attached hydrogen (secondary N) is 2. The number of H-pyrrole nitrogens is 1. The highest BCUT2D eigenvalue weighted by Gasteiger charge is 2.27. The predicted molar refractivity (Wildman–Crippen MR) is 99.0 cm³/mol. The number of aromatic amines is 1. The molecule has 0 saturated heterocycles. The average Bonchev–Trinajstić information content (AvgIpc) is 3.07.